The molecule has 1 aromatic carbocycles. The van der Waals surface area contributed by atoms with E-state index in [4.69, 9.17) is 23.2 Å². The van der Waals surface area contributed by atoms with Gasteiger partial charge in [0.1, 0.15) is 0 Å². The second-order valence-corrected chi connectivity index (χ2v) is 4.83. The number of benzene rings is 1. The second-order valence-electron chi connectivity index (χ2n) is 2.86. The van der Waals surface area contributed by atoms with E-state index < -0.39 is 5.38 Å². The van der Waals surface area contributed by atoms with Crippen LogP contribution in [0.4, 0.5) is 0 Å². The van der Waals surface area contributed by atoms with E-state index in [1.807, 2.05) is 12.3 Å². The van der Waals surface area contributed by atoms with Gasteiger partial charge in [-0.25, -0.2) is 0 Å². The van der Waals surface area contributed by atoms with Gasteiger partial charge in [-0.1, -0.05) is 11.6 Å². The van der Waals surface area contributed by atoms with E-state index in [1.54, 1.807) is 30.8 Å². The summed E-state index contributed by atoms with van der Waals surface area (Å²) in [5.41, 5.74) is 0.573. The van der Waals surface area contributed by atoms with E-state index in [0.29, 0.717) is 10.6 Å². The number of rotatable bonds is 3. The van der Waals surface area contributed by atoms with Crippen LogP contribution >= 0.6 is 35.0 Å². The fourth-order valence-electron chi connectivity index (χ4n) is 1.05. The summed E-state index contributed by atoms with van der Waals surface area (Å²) in [5.74, 6) is -0.0931. The summed E-state index contributed by atoms with van der Waals surface area (Å²) in [6.07, 6.45) is 1.93. The highest BCUT2D eigenvalue weighted by molar-refractivity contribution is 7.98. The van der Waals surface area contributed by atoms with Gasteiger partial charge in [0, 0.05) is 15.5 Å². The van der Waals surface area contributed by atoms with Gasteiger partial charge in [0.05, 0.1) is 5.38 Å². The second kappa shape index (κ2) is 5.06. The molecule has 1 nitrogen and oxygen atoms in total. The van der Waals surface area contributed by atoms with Crippen molar-refractivity contribution in [2.75, 3.05) is 6.26 Å². The third-order valence-corrected chi connectivity index (χ3v) is 2.88. The number of carbonyl (C=O) groups excluding carboxylic acids is 1. The van der Waals surface area contributed by atoms with E-state index in [9.17, 15) is 4.79 Å². The molecule has 0 bridgehead atoms. The lowest BCUT2D eigenvalue weighted by Crippen LogP contribution is -2.10. The van der Waals surface area contributed by atoms with Crippen molar-refractivity contribution in [3.05, 3.63) is 28.8 Å². The number of Topliss-reactive ketones (excluding diaryl/α,β-unsaturated/α-hetero) is 1. The number of hydrogen-bond acceptors (Lipinski definition) is 2. The van der Waals surface area contributed by atoms with Crippen LogP contribution in [0.2, 0.25) is 5.02 Å². The molecule has 0 spiro atoms. The Bertz CT molecular complexity index is 350. The minimum absolute atomic E-state index is 0.0931. The Kier molecular flexibility index (Phi) is 4.30. The Morgan fingerprint density at radius 2 is 2.07 bits per heavy atom. The quantitative estimate of drug-likeness (QED) is 0.459. The molecule has 0 saturated carbocycles. The first-order chi connectivity index (χ1) is 6.54. The van der Waals surface area contributed by atoms with Gasteiger partial charge in [-0.15, -0.1) is 23.4 Å². The van der Waals surface area contributed by atoms with Crippen LogP contribution in [0.1, 0.15) is 17.3 Å². The van der Waals surface area contributed by atoms with Gasteiger partial charge in [-0.05, 0) is 31.4 Å². The number of carbonyl (C=O) groups is 1. The first kappa shape index (κ1) is 11.9. The van der Waals surface area contributed by atoms with Gasteiger partial charge in [0.2, 0.25) is 0 Å². The summed E-state index contributed by atoms with van der Waals surface area (Å²) in [6, 6.07) is 5.27. The molecule has 0 fully saturated rings. The highest BCUT2D eigenvalue weighted by atomic mass is 35.5. The number of hydrogen-bond donors (Lipinski definition) is 0. The minimum Gasteiger partial charge on any atom is -0.293 e. The normalized spacial score (nSPS) is 12.6. The van der Waals surface area contributed by atoms with Crippen molar-refractivity contribution in [3.8, 4) is 0 Å². The zero-order valence-electron chi connectivity index (χ0n) is 7.88. The fraction of sp³-hybridized carbons (Fsp3) is 0.300. The minimum atomic E-state index is -0.511. The van der Waals surface area contributed by atoms with Crippen molar-refractivity contribution in [3.63, 3.8) is 0 Å². The lowest BCUT2D eigenvalue weighted by Gasteiger charge is -2.05. The van der Waals surface area contributed by atoms with E-state index in [2.05, 4.69) is 0 Å². The van der Waals surface area contributed by atoms with Crippen molar-refractivity contribution in [2.45, 2.75) is 17.2 Å². The summed E-state index contributed by atoms with van der Waals surface area (Å²) < 4.78 is 0. The summed E-state index contributed by atoms with van der Waals surface area (Å²) >= 11 is 13.1. The summed E-state index contributed by atoms with van der Waals surface area (Å²) in [4.78, 5) is 12.5. The van der Waals surface area contributed by atoms with Crippen molar-refractivity contribution in [1.29, 1.82) is 0 Å². The maximum Gasteiger partial charge on any atom is 0.180 e. The smallest absolute Gasteiger partial charge is 0.180 e. The molecule has 0 saturated heterocycles. The maximum absolute atomic E-state index is 11.6. The predicted octanol–water partition coefficient (Wildman–Crippen LogP) is 3.87. The van der Waals surface area contributed by atoms with Crippen LogP contribution in [-0.2, 0) is 0 Å². The van der Waals surface area contributed by atoms with Crippen molar-refractivity contribution >= 4 is 40.7 Å². The van der Waals surface area contributed by atoms with E-state index in [1.165, 1.54) is 0 Å². The summed E-state index contributed by atoms with van der Waals surface area (Å²) in [5, 5.41) is 0.0562. The van der Waals surface area contributed by atoms with Gasteiger partial charge in [0.25, 0.3) is 0 Å². The van der Waals surface area contributed by atoms with Gasteiger partial charge in [-0.3, -0.25) is 4.79 Å². The van der Waals surface area contributed by atoms with Crippen molar-refractivity contribution in [2.24, 2.45) is 0 Å². The monoisotopic (exact) mass is 248 g/mol. The zero-order chi connectivity index (χ0) is 10.7. The average molecular weight is 249 g/mol. The molecule has 1 aromatic rings. The molecule has 76 valence electrons. The molecule has 0 N–H and O–H groups in total. The standard InChI is InChI=1S/C10H10Cl2OS/c1-6(11)10(13)7-3-8(12)5-9(4-7)14-2/h3-6H,1-2H3. The molecule has 0 radical (unpaired) electrons. The van der Waals surface area contributed by atoms with Crippen LogP contribution in [-0.4, -0.2) is 17.4 Å². The van der Waals surface area contributed by atoms with Crippen LogP contribution < -0.4 is 0 Å². The van der Waals surface area contributed by atoms with Gasteiger partial charge in [0.15, 0.2) is 5.78 Å². The zero-order valence-corrected chi connectivity index (χ0v) is 10.2. The van der Waals surface area contributed by atoms with Crippen molar-refractivity contribution < 1.29 is 4.79 Å². The molecule has 1 rings (SSSR count). The summed E-state index contributed by atoms with van der Waals surface area (Å²) in [6.45, 7) is 1.66. The molecule has 1 unspecified atom stereocenters. The Morgan fingerprint density at radius 1 is 1.43 bits per heavy atom. The number of ketones is 1. The molecule has 0 aromatic heterocycles. The van der Waals surface area contributed by atoms with Crippen LogP contribution in [0.5, 0.6) is 0 Å². The molecule has 0 amide bonds. The van der Waals surface area contributed by atoms with Crippen LogP contribution in [0.15, 0.2) is 23.1 Å². The van der Waals surface area contributed by atoms with Crippen LogP contribution in [0, 0.1) is 0 Å². The third kappa shape index (κ3) is 2.91. The lowest BCUT2D eigenvalue weighted by molar-refractivity contribution is 0.0991. The molecule has 1 atom stereocenters. The number of thioether (sulfide) groups is 1. The average Bonchev–Trinajstić information content (AvgIpc) is 2.15. The van der Waals surface area contributed by atoms with E-state index in [-0.39, 0.29) is 5.78 Å². The molecule has 0 aliphatic carbocycles. The fourth-order valence-corrected chi connectivity index (χ4v) is 1.97. The first-order valence-corrected chi connectivity index (χ1v) is 6.11. The molecular weight excluding hydrogens is 239 g/mol. The maximum atomic E-state index is 11.6. The predicted molar refractivity (Wildman–Crippen MR) is 62.9 cm³/mol. The molecular formula is C10H10Cl2OS. The highest BCUT2D eigenvalue weighted by Crippen LogP contribution is 2.23. The largest absolute Gasteiger partial charge is 0.293 e. The SMILES string of the molecule is CSc1cc(Cl)cc(C(=O)C(C)Cl)c1. The van der Waals surface area contributed by atoms with Gasteiger partial charge in [-0.2, -0.15) is 0 Å². The Balaban J connectivity index is 3.09. The van der Waals surface area contributed by atoms with Crippen molar-refractivity contribution in [1.82, 2.24) is 0 Å². The van der Waals surface area contributed by atoms with Crippen LogP contribution in [0.3, 0.4) is 0 Å². The van der Waals surface area contributed by atoms with Crippen LogP contribution in [0.25, 0.3) is 0 Å². The Morgan fingerprint density at radius 3 is 2.57 bits per heavy atom. The molecule has 0 heterocycles. The van der Waals surface area contributed by atoms with Gasteiger partial charge < -0.3 is 0 Å². The highest BCUT2D eigenvalue weighted by Gasteiger charge is 2.13. The summed E-state index contributed by atoms with van der Waals surface area (Å²) in [7, 11) is 0. The number of halogens is 2. The molecule has 0 aliphatic heterocycles. The lowest BCUT2D eigenvalue weighted by atomic mass is 10.1. The molecule has 4 heteroatoms. The molecule has 0 aliphatic rings. The Hall–Kier alpha value is -0.180. The first-order valence-electron chi connectivity index (χ1n) is 4.07. The van der Waals surface area contributed by atoms with E-state index >= 15 is 0 Å². The molecule has 14 heavy (non-hydrogen) atoms. The topological polar surface area (TPSA) is 17.1 Å². The third-order valence-electron chi connectivity index (χ3n) is 1.75. The Labute approximate surface area is 97.8 Å². The van der Waals surface area contributed by atoms with Gasteiger partial charge >= 0.3 is 0 Å². The van der Waals surface area contributed by atoms with E-state index in [0.717, 1.165) is 4.90 Å². The number of alkyl halides is 1.